The lowest BCUT2D eigenvalue weighted by Crippen LogP contribution is -2.63. The van der Waals surface area contributed by atoms with E-state index in [9.17, 15) is 14.2 Å². The van der Waals surface area contributed by atoms with E-state index in [1.54, 1.807) is 0 Å². The fourth-order valence-electron chi connectivity index (χ4n) is 13.1. The van der Waals surface area contributed by atoms with Gasteiger partial charge in [-0.2, -0.15) is 0 Å². The molecule has 11 fully saturated rings. The second-order valence-electron chi connectivity index (χ2n) is 23.7. The molecule has 0 unspecified atom stereocenters. The van der Waals surface area contributed by atoms with Gasteiger partial charge in [0.05, 0.1) is 79.7 Å². The third-order valence-corrected chi connectivity index (χ3v) is 24.4. The van der Waals surface area contributed by atoms with Crippen molar-refractivity contribution in [3.8, 4) is 0 Å². The van der Waals surface area contributed by atoms with Crippen molar-refractivity contribution >= 4 is 27.7 Å². The Morgan fingerprint density at radius 1 is 0.725 bits per heavy atom. The van der Waals surface area contributed by atoms with Crippen LogP contribution < -0.4 is 0 Å². The van der Waals surface area contributed by atoms with Crippen LogP contribution in [-0.4, -0.2) is 156 Å². The van der Waals surface area contributed by atoms with E-state index in [1.165, 1.54) is 14.2 Å². The van der Waals surface area contributed by atoms with Gasteiger partial charge in [-0.15, -0.1) is 0 Å². The van der Waals surface area contributed by atoms with Crippen LogP contribution in [0.2, 0.25) is 18.1 Å². The Morgan fingerprint density at radius 3 is 2.16 bits per heavy atom. The molecule has 0 aromatic rings. The quantitative estimate of drug-likeness (QED) is 0.100. The summed E-state index contributed by atoms with van der Waals surface area (Å²) in [7, 11) is -3.49. The van der Waals surface area contributed by atoms with Crippen molar-refractivity contribution in [2.75, 3.05) is 20.4 Å². The van der Waals surface area contributed by atoms with E-state index in [4.69, 9.17) is 60.8 Å². The lowest BCUT2D eigenvalue weighted by molar-refractivity contribution is -0.293. The first-order valence-corrected chi connectivity index (χ1v) is 30.7. The van der Waals surface area contributed by atoms with Crippen LogP contribution in [0.5, 0.6) is 0 Å². The highest BCUT2D eigenvalue weighted by atomic mass is 31.2. The van der Waals surface area contributed by atoms with Gasteiger partial charge in [0.15, 0.2) is 14.1 Å². The summed E-state index contributed by atoms with van der Waals surface area (Å²) in [5, 5.41) is -0.134. The summed E-state index contributed by atoms with van der Waals surface area (Å²) in [6.45, 7) is 24.2. The normalized spacial score (nSPS) is 46.9. The minimum Gasteiger partial charge on any atom is -0.459 e. The molecular weight excluding hydrogens is 928 g/mol. The molecule has 0 radical (unpaired) electrons. The van der Waals surface area contributed by atoms with E-state index >= 15 is 0 Å². The molecular formula is C51H79O16PSi. The maximum atomic E-state index is 14.5. The molecule has 16 nitrogen and oxygen atoms in total. The zero-order chi connectivity index (χ0) is 48.9. The number of hydrogen-bond donors (Lipinski definition) is 0. The molecule has 0 amide bonds. The monoisotopic (exact) mass is 1010 g/mol. The maximum absolute atomic E-state index is 14.5. The molecule has 1 spiro atoms. The molecule has 12 bridgehead atoms. The average molecular weight is 1010 g/mol. The molecule has 11 aliphatic rings. The molecule has 0 N–H and O–H groups in total. The van der Waals surface area contributed by atoms with Crippen LogP contribution in [0.3, 0.4) is 0 Å². The number of rotatable bonds is 8. The Labute approximate surface area is 409 Å². The third-order valence-electron chi connectivity index (χ3n) is 18.0. The van der Waals surface area contributed by atoms with Crippen molar-refractivity contribution in [3.05, 3.63) is 24.3 Å². The summed E-state index contributed by atoms with van der Waals surface area (Å²) in [5.74, 6) is -1.73. The second-order valence-corrected chi connectivity index (χ2v) is 30.7. The van der Waals surface area contributed by atoms with E-state index in [-0.39, 0.29) is 90.4 Å². The smallest absolute Gasteiger partial charge is 0.337 e. The van der Waals surface area contributed by atoms with Gasteiger partial charge in [0, 0.05) is 52.2 Å². The van der Waals surface area contributed by atoms with Gasteiger partial charge in [-0.3, -0.25) is 14.2 Å². The van der Waals surface area contributed by atoms with E-state index in [0.29, 0.717) is 38.5 Å². The molecule has 18 heteroatoms. The summed E-state index contributed by atoms with van der Waals surface area (Å²) >= 11 is 0. The van der Waals surface area contributed by atoms with Crippen molar-refractivity contribution in [1.82, 2.24) is 0 Å². The number of ether oxygens (including phenoxy) is 10. The summed E-state index contributed by atoms with van der Waals surface area (Å²) in [6, 6.07) is 0. The minimum atomic E-state index is -3.63. The summed E-state index contributed by atoms with van der Waals surface area (Å²) in [6.07, 6.45) is 0.640. The molecule has 388 valence electrons. The fraction of sp³-hybridized carbons (Fsp3) is 0.882. The topological polar surface area (TPSA) is 171 Å². The number of ketones is 1. The van der Waals surface area contributed by atoms with Crippen molar-refractivity contribution < 1.29 is 75.0 Å². The Balaban J connectivity index is 0.935. The van der Waals surface area contributed by atoms with E-state index in [2.05, 4.69) is 53.9 Å². The predicted octanol–water partition coefficient (Wildman–Crippen LogP) is 7.68. The summed E-state index contributed by atoms with van der Waals surface area (Å²) < 4.78 is 99.1. The third kappa shape index (κ3) is 10.0. The van der Waals surface area contributed by atoms with Crippen LogP contribution in [0.4, 0.5) is 0 Å². The number of Topliss-reactive ketones (excluding diaryl/α,β-unsaturated/α-hetero) is 1. The Bertz CT molecular complexity index is 2000. The lowest BCUT2D eigenvalue weighted by atomic mass is 9.79. The van der Waals surface area contributed by atoms with E-state index in [1.807, 2.05) is 6.92 Å². The highest BCUT2D eigenvalue weighted by Crippen LogP contribution is 2.55. The number of carbonyl (C=O) groups is 2. The molecule has 0 aliphatic carbocycles. The zero-order valence-electron chi connectivity index (χ0n) is 42.3. The summed E-state index contributed by atoms with van der Waals surface area (Å²) in [4.78, 5) is 28.2. The van der Waals surface area contributed by atoms with Gasteiger partial charge in [0.2, 0.25) is 0 Å². The molecule has 11 saturated heterocycles. The molecule has 11 aliphatic heterocycles. The highest BCUT2D eigenvalue weighted by Gasteiger charge is 2.69. The van der Waals surface area contributed by atoms with E-state index in [0.717, 1.165) is 43.3 Å². The van der Waals surface area contributed by atoms with Crippen LogP contribution in [0.25, 0.3) is 0 Å². The molecule has 11 heterocycles. The van der Waals surface area contributed by atoms with Crippen molar-refractivity contribution in [1.29, 1.82) is 0 Å². The van der Waals surface area contributed by atoms with Crippen molar-refractivity contribution in [3.63, 3.8) is 0 Å². The largest absolute Gasteiger partial charge is 0.459 e. The van der Waals surface area contributed by atoms with Crippen molar-refractivity contribution in [2.24, 2.45) is 11.8 Å². The van der Waals surface area contributed by atoms with Gasteiger partial charge < -0.3 is 60.8 Å². The van der Waals surface area contributed by atoms with Crippen LogP contribution in [0.1, 0.15) is 118 Å². The number of fused-ring (bicyclic) bond motifs is 7. The van der Waals surface area contributed by atoms with Crippen LogP contribution in [0, 0.1) is 11.8 Å². The first-order chi connectivity index (χ1) is 32.6. The van der Waals surface area contributed by atoms with Crippen LogP contribution >= 0.6 is 7.60 Å². The molecule has 0 saturated carbocycles. The lowest BCUT2D eigenvalue weighted by Gasteiger charge is -2.53. The maximum Gasteiger partial charge on any atom is 0.337 e. The van der Waals surface area contributed by atoms with Gasteiger partial charge in [-0.05, 0) is 80.1 Å². The zero-order valence-corrected chi connectivity index (χ0v) is 44.2. The van der Waals surface area contributed by atoms with Crippen molar-refractivity contribution in [2.45, 2.75) is 252 Å². The van der Waals surface area contributed by atoms with Gasteiger partial charge >= 0.3 is 13.6 Å². The Morgan fingerprint density at radius 2 is 1.41 bits per heavy atom. The SMILES string of the molecule is C=C1C[C@@H]2CC[C@@]34C[C@H]5O[C@@H]6[C@@H](O3)[C@H]3O[C@H](CC[C@@H]3O[C@H]6[C@H]5O4)CC(=O)O[C@@H]3[C@@H](C)[C@@H]4O[C@H](CC(=O)CP(=O)(OC)OC)[C@H](O[Si](C)(C)C(C)(C)C)C[C@@H]4O[C@H]3C[C@H]3O[C@@H](CC[C@@H]1O2)C[C@@H](C)C3=C. The Hall–Kier alpha value is -1.41. The van der Waals surface area contributed by atoms with Gasteiger partial charge in [-0.25, -0.2) is 0 Å². The molecule has 69 heavy (non-hydrogen) atoms. The summed E-state index contributed by atoms with van der Waals surface area (Å²) in [5.41, 5.74) is 2.11. The number of esters is 1. The second kappa shape index (κ2) is 19.4. The highest BCUT2D eigenvalue weighted by molar-refractivity contribution is 7.54. The fourth-order valence-corrected chi connectivity index (χ4v) is 15.4. The Kier molecular flexibility index (Phi) is 14.3. The first kappa shape index (κ1) is 51.1. The first-order valence-electron chi connectivity index (χ1n) is 26.0. The standard InChI is InChI=1S/C51H79O16PSi/c1-26-18-31-12-14-34-27(2)19-33(57-34)16-17-51-24-41-46(65-51)47-48(63-41)49(66-51)45-35(61-47)15-13-32(59-45)21-42(53)64-44-29(4)43-40(60-39(44)22-36(58-31)28(26)3)23-38(67-69(10,11)50(5,6)7)37(62-43)20-30(52)25-68(54,55-8)56-9/h26,29,31-41,43-49H,2-3,12-25H2,1,4-11H3/t26-,29+,31+,32-,33+,34+,35+,36-,37-,38-,39+,40+,41-,43+,44-,45+,46+,47+,48+,49+,51+/m1/s1. The van der Waals surface area contributed by atoms with Gasteiger partial charge in [-0.1, -0.05) is 47.8 Å². The predicted molar refractivity (Wildman–Crippen MR) is 253 cm³/mol. The molecule has 21 atom stereocenters. The average Bonchev–Trinajstić information content (AvgIpc) is 3.88. The van der Waals surface area contributed by atoms with Crippen LogP contribution in [-0.2, 0) is 75.0 Å². The van der Waals surface area contributed by atoms with E-state index < -0.39 is 88.8 Å². The molecule has 11 rings (SSSR count). The molecule has 0 aromatic heterocycles. The molecule has 0 aromatic carbocycles. The minimum absolute atomic E-state index is 0.00568. The van der Waals surface area contributed by atoms with Crippen LogP contribution in [0.15, 0.2) is 24.3 Å². The van der Waals surface area contributed by atoms with Gasteiger partial charge in [0.1, 0.15) is 48.6 Å². The van der Waals surface area contributed by atoms with Gasteiger partial charge in [0.25, 0.3) is 0 Å². The number of hydrogen-bond acceptors (Lipinski definition) is 16. The number of carbonyl (C=O) groups excluding carboxylic acids is 2.